The van der Waals surface area contributed by atoms with Gasteiger partial charge in [0.2, 0.25) is 0 Å². The highest BCUT2D eigenvalue weighted by Gasteiger charge is 2.18. The van der Waals surface area contributed by atoms with Crippen LogP contribution in [0, 0.1) is 23.4 Å². The van der Waals surface area contributed by atoms with Gasteiger partial charge in [-0.05, 0) is 36.5 Å². The van der Waals surface area contributed by atoms with Crippen LogP contribution in [-0.2, 0) is 0 Å². The summed E-state index contributed by atoms with van der Waals surface area (Å²) >= 11 is 5.93. The molecule has 0 unspecified atom stereocenters. The highest BCUT2D eigenvalue weighted by molar-refractivity contribution is 6.19. The summed E-state index contributed by atoms with van der Waals surface area (Å²) in [5, 5.41) is 0. The lowest BCUT2D eigenvalue weighted by atomic mass is 9.83. The van der Waals surface area contributed by atoms with E-state index in [9.17, 15) is 13.2 Å². The Hall–Kier alpha value is -0.960. The minimum atomic E-state index is -1.43. The summed E-state index contributed by atoms with van der Waals surface area (Å²) in [6, 6.07) is 2.02. The normalized spacial score (nSPS) is 17.8. The standard InChI is InChI=1S/C15H16ClF3/c16-9-12(11-4-2-1-3-5-11)6-10-7-13(17)15(19)14(18)8-10/h6-8,11H,1-5,9H2. The minimum absolute atomic E-state index is 0.331. The Balaban J connectivity index is 2.26. The van der Waals surface area contributed by atoms with Crippen molar-refractivity contribution in [3.63, 3.8) is 0 Å². The minimum Gasteiger partial charge on any atom is -0.204 e. The molecule has 0 heterocycles. The van der Waals surface area contributed by atoms with E-state index in [0.29, 0.717) is 17.4 Å². The number of rotatable bonds is 3. The Labute approximate surface area is 116 Å². The second-order valence-electron chi connectivity index (χ2n) is 4.99. The largest absolute Gasteiger partial charge is 0.204 e. The highest BCUT2D eigenvalue weighted by Crippen LogP contribution is 2.31. The summed E-state index contributed by atoms with van der Waals surface area (Å²) in [4.78, 5) is 0. The maximum atomic E-state index is 13.2. The number of hydrogen-bond donors (Lipinski definition) is 0. The molecule has 1 aromatic carbocycles. The lowest BCUT2D eigenvalue weighted by molar-refractivity contribution is 0.405. The van der Waals surface area contributed by atoms with E-state index in [0.717, 1.165) is 43.4 Å². The molecule has 2 rings (SSSR count). The number of allylic oxidation sites excluding steroid dienone is 1. The van der Waals surface area contributed by atoms with E-state index in [-0.39, 0.29) is 0 Å². The third kappa shape index (κ3) is 3.53. The molecule has 0 spiro atoms. The molecule has 0 saturated heterocycles. The molecule has 104 valence electrons. The van der Waals surface area contributed by atoms with E-state index in [4.69, 9.17) is 11.6 Å². The molecule has 19 heavy (non-hydrogen) atoms. The van der Waals surface area contributed by atoms with Gasteiger partial charge in [-0.1, -0.05) is 30.9 Å². The van der Waals surface area contributed by atoms with Gasteiger partial charge in [0.25, 0.3) is 0 Å². The van der Waals surface area contributed by atoms with Crippen LogP contribution >= 0.6 is 11.6 Å². The van der Waals surface area contributed by atoms with Gasteiger partial charge in [0, 0.05) is 5.88 Å². The van der Waals surface area contributed by atoms with Gasteiger partial charge in [-0.3, -0.25) is 0 Å². The molecule has 0 nitrogen and oxygen atoms in total. The molecular weight excluding hydrogens is 273 g/mol. The molecule has 0 N–H and O–H groups in total. The van der Waals surface area contributed by atoms with Crippen molar-refractivity contribution in [2.24, 2.45) is 5.92 Å². The van der Waals surface area contributed by atoms with Gasteiger partial charge in [-0.2, -0.15) is 0 Å². The van der Waals surface area contributed by atoms with Crippen LogP contribution in [0.2, 0.25) is 0 Å². The van der Waals surface area contributed by atoms with Crippen molar-refractivity contribution in [1.82, 2.24) is 0 Å². The Morgan fingerprint density at radius 2 is 1.68 bits per heavy atom. The summed E-state index contributed by atoms with van der Waals surface area (Å²) in [6.45, 7) is 0. The Kier molecular flexibility index (Phi) is 4.92. The zero-order valence-electron chi connectivity index (χ0n) is 10.6. The van der Waals surface area contributed by atoms with E-state index in [2.05, 4.69) is 0 Å². The molecule has 0 atom stereocenters. The van der Waals surface area contributed by atoms with E-state index < -0.39 is 17.5 Å². The van der Waals surface area contributed by atoms with Crippen LogP contribution in [0.25, 0.3) is 6.08 Å². The van der Waals surface area contributed by atoms with Gasteiger partial charge in [0.15, 0.2) is 17.5 Å². The van der Waals surface area contributed by atoms with E-state index in [1.165, 1.54) is 6.42 Å². The molecule has 0 bridgehead atoms. The van der Waals surface area contributed by atoms with Crippen LogP contribution in [-0.4, -0.2) is 5.88 Å². The average molecular weight is 289 g/mol. The molecule has 1 aromatic rings. The third-order valence-corrected chi connectivity index (χ3v) is 3.95. The Morgan fingerprint density at radius 3 is 2.21 bits per heavy atom. The van der Waals surface area contributed by atoms with Gasteiger partial charge in [0.1, 0.15) is 0 Å². The fourth-order valence-electron chi connectivity index (χ4n) is 2.61. The molecular formula is C15H16ClF3. The SMILES string of the molecule is Fc1cc(C=C(CCl)C2CCCCC2)cc(F)c1F. The number of benzene rings is 1. The molecule has 4 heteroatoms. The number of halogens is 4. The van der Waals surface area contributed by atoms with Crippen molar-refractivity contribution in [1.29, 1.82) is 0 Å². The molecule has 1 fully saturated rings. The maximum Gasteiger partial charge on any atom is 0.194 e. The van der Waals surface area contributed by atoms with Crippen molar-refractivity contribution in [3.8, 4) is 0 Å². The smallest absolute Gasteiger partial charge is 0.194 e. The van der Waals surface area contributed by atoms with Gasteiger partial charge < -0.3 is 0 Å². The monoisotopic (exact) mass is 288 g/mol. The molecule has 1 aliphatic rings. The van der Waals surface area contributed by atoms with Crippen molar-refractivity contribution >= 4 is 17.7 Å². The van der Waals surface area contributed by atoms with E-state index in [1.807, 2.05) is 0 Å². The fraction of sp³-hybridized carbons (Fsp3) is 0.467. The summed E-state index contributed by atoms with van der Waals surface area (Å²) in [6.07, 6.45) is 7.35. The van der Waals surface area contributed by atoms with Crippen molar-refractivity contribution in [2.45, 2.75) is 32.1 Å². The summed E-state index contributed by atoms with van der Waals surface area (Å²) < 4.78 is 39.2. The molecule has 0 aliphatic heterocycles. The van der Waals surface area contributed by atoms with Crippen LogP contribution in [0.5, 0.6) is 0 Å². The summed E-state index contributed by atoms with van der Waals surface area (Å²) in [5.74, 6) is -3.04. The molecule has 1 aliphatic carbocycles. The van der Waals surface area contributed by atoms with Crippen LogP contribution in [0.15, 0.2) is 17.7 Å². The summed E-state index contributed by atoms with van der Waals surface area (Å²) in [5.41, 5.74) is 1.31. The van der Waals surface area contributed by atoms with E-state index in [1.54, 1.807) is 6.08 Å². The van der Waals surface area contributed by atoms with Crippen LogP contribution in [0.3, 0.4) is 0 Å². The Morgan fingerprint density at radius 1 is 1.11 bits per heavy atom. The number of alkyl halides is 1. The molecule has 0 radical (unpaired) electrons. The van der Waals surface area contributed by atoms with Crippen molar-refractivity contribution < 1.29 is 13.2 Å². The zero-order valence-corrected chi connectivity index (χ0v) is 11.3. The first-order chi connectivity index (χ1) is 9.11. The van der Waals surface area contributed by atoms with E-state index >= 15 is 0 Å². The zero-order chi connectivity index (χ0) is 13.8. The predicted octanol–water partition coefficient (Wildman–Crippen LogP) is 5.31. The van der Waals surface area contributed by atoms with Gasteiger partial charge >= 0.3 is 0 Å². The van der Waals surface area contributed by atoms with Crippen LogP contribution in [0.1, 0.15) is 37.7 Å². The first-order valence-electron chi connectivity index (χ1n) is 6.52. The van der Waals surface area contributed by atoms with Gasteiger partial charge in [0.05, 0.1) is 0 Å². The van der Waals surface area contributed by atoms with Gasteiger partial charge in [-0.25, -0.2) is 13.2 Å². The fourth-order valence-corrected chi connectivity index (χ4v) is 2.91. The Bertz CT molecular complexity index is 453. The second kappa shape index (κ2) is 6.47. The molecule has 0 aromatic heterocycles. The van der Waals surface area contributed by atoms with Crippen LogP contribution < -0.4 is 0 Å². The lowest BCUT2D eigenvalue weighted by Crippen LogP contribution is -2.10. The summed E-state index contributed by atoms with van der Waals surface area (Å²) in [7, 11) is 0. The van der Waals surface area contributed by atoms with Crippen molar-refractivity contribution in [2.75, 3.05) is 5.88 Å². The quantitative estimate of drug-likeness (QED) is 0.522. The topological polar surface area (TPSA) is 0 Å². The lowest BCUT2D eigenvalue weighted by Gasteiger charge is -2.23. The van der Waals surface area contributed by atoms with Gasteiger partial charge in [-0.15, -0.1) is 11.6 Å². The second-order valence-corrected chi connectivity index (χ2v) is 5.25. The molecule has 1 saturated carbocycles. The predicted molar refractivity (Wildman–Crippen MR) is 71.6 cm³/mol. The first kappa shape index (κ1) is 14.4. The number of hydrogen-bond acceptors (Lipinski definition) is 0. The molecule has 0 amide bonds. The maximum absolute atomic E-state index is 13.2. The third-order valence-electron chi connectivity index (χ3n) is 3.64. The first-order valence-corrected chi connectivity index (χ1v) is 7.06. The van der Waals surface area contributed by atoms with Crippen LogP contribution in [0.4, 0.5) is 13.2 Å². The van der Waals surface area contributed by atoms with Crippen molar-refractivity contribution in [3.05, 3.63) is 40.7 Å². The highest BCUT2D eigenvalue weighted by atomic mass is 35.5. The average Bonchev–Trinajstić information content (AvgIpc) is 2.43.